The fourth-order valence-corrected chi connectivity index (χ4v) is 2.07. The Bertz CT molecular complexity index is 757. The number of carbonyl (C=O) groups excluding carboxylic acids is 3. The summed E-state index contributed by atoms with van der Waals surface area (Å²) in [6, 6.07) is 13.0. The molecule has 124 valence electrons. The van der Waals surface area contributed by atoms with Crippen LogP contribution in [0.5, 0.6) is 0 Å². The number of hydrogen-bond donors (Lipinski definition) is 4. The molecule has 2 aromatic rings. The van der Waals surface area contributed by atoms with E-state index in [1.807, 2.05) is 0 Å². The molecule has 5 N–H and O–H groups in total. The highest BCUT2D eigenvalue weighted by molar-refractivity contribution is 5.96. The van der Waals surface area contributed by atoms with Crippen LogP contribution in [0.2, 0.25) is 0 Å². The predicted octanol–water partition coefficient (Wildman–Crippen LogP) is 2.07. The number of nitrogens with one attached hydrogen (secondary N) is 3. The first-order valence-electron chi connectivity index (χ1n) is 7.25. The van der Waals surface area contributed by atoms with Crippen molar-refractivity contribution in [3.05, 3.63) is 59.7 Å². The second-order valence-corrected chi connectivity index (χ2v) is 5.13. The lowest BCUT2D eigenvalue weighted by atomic mass is 10.1. The van der Waals surface area contributed by atoms with Gasteiger partial charge in [-0.15, -0.1) is 0 Å². The SMILES string of the molecule is CC(=O)Nc1cccc(C(=O)NCc2ccc(NC(N)=O)cc2)c1. The van der Waals surface area contributed by atoms with E-state index in [1.54, 1.807) is 48.5 Å². The van der Waals surface area contributed by atoms with Gasteiger partial charge in [-0.25, -0.2) is 4.79 Å². The maximum atomic E-state index is 12.2. The van der Waals surface area contributed by atoms with Crippen molar-refractivity contribution >= 4 is 29.2 Å². The Morgan fingerprint density at radius 3 is 2.29 bits per heavy atom. The Hall–Kier alpha value is -3.35. The standard InChI is InChI=1S/C17H18N4O3/c1-11(22)20-15-4-2-3-13(9-15)16(23)19-10-12-5-7-14(8-6-12)21-17(18)24/h2-9H,10H2,1H3,(H,19,23)(H,20,22)(H3,18,21,24). The van der Waals surface area contributed by atoms with Crippen LogP contribution < -0.4 is 21.7 Å². The molecule has 0 aromatic heterocycles. The minimum atomic E-state index is -0.630. The summed E-state index contributed by atoms with van der Waals surface area (Å²) < 4.78 is 0. The summed E-state index contributed by atoms with van der Waals surface area (Å²) in [7, 11) is 0. The van der Waals surface area contributed by atoms with Crippen LogP contribution in [0.15, 0.2) is 48.5 Å². The molecule has 0 saturated carbocycles. The number of amides is 4. The molecule has 7 nitrogen and oxygen atoms in total. The molecular weight excluding hydrogens is 308 g/mol. The molecule has 0 heterocycles. The van der Waals surface area contributed by atoms with Crippen molar-refractivity contribution in [2.24, 2.45) is 5.73 Å². The van der Waals surface area contributed by atoms with Crippen molar-refractivity contribution in [3.63, 3.8) is 0 Å². The highest BCUT2D eigenvalue weighted by Crippen LogP contribution is 2.12. The first-order valence-corrected chi connectivity index (χ1v) is 7.25. The molecule has 2 rings (SSSR count). The van der Waals surface area contributed by atoms with Crippen molar-refractivity contribution in [2.45, 2.75) is 13.5 Å². The quantitative estimate of drug-likeness (QED) is 0.674. The van der Waals surface area contributed by atoms with E-state index < -0.39 is 6.03 Å². The van der Waals surface area contributed by atoms with Crippen LogP contribution in [0, 0.1) is 0 Å². The second-order valence-electron chi connectivity index (χ2n) is 5.13. The van der Waals surface area contributed by atoms with E-state index in [4.69, 9.17) is 5.73 Å². The molecule has 0 bridgehead atoms. The summed E-state index contributed by atoms with van der Waals surface area (Å²) in [5, 5.41) is 7.89. The van der Waals surface area contributed by atoms with E-state index in [0.29, 0.717) is 23.5 Å². The van der Waals surface area contributed by atoms with E-state index in [0.717, 1.165) is 5.56 Å². The predicted molar refractivity (Wildman–Crippen MR) is 91.6 cm³/mol. The number of nitrogens with two attached hydrogens (primary N) is 1. The molecule has 0 aliphatic heterocycles. The summed E-state index contributed by atoms with van der Waals surface area (Å²) in [4.78, 5) is 34.0. The third-order valence-corrected chi connectivity index (χ3v) is 3.12. The lowest BCUT2D eigenvalue weighted by Crippen LogP contribution is -2.23. The number of hydrogen-bond acceptors (Lipinski definition) is 3. The van der Waals surface area contributed by atoms with E-state index >= 15 is 0 Å². The molecule has 7 heteroatoms. The van der Waals surface area contributed by atoms with E-state index in [9.17, 15) is 14.4 Å². The summed E-state index contributed by atoms with van der Waals surface area (Å²) in [5.41, 5.74) is 7.51. The average Bonchev–Trinajstić information content (AvgIpc) is 2.53. The molecule has 2 aromatic carbocycles. The van der Waals surface area contributed by atoms with E-state index in [2.05, 4.69) is 16.0 Å². The highest BCUT2D eigenvalue weighted by Gasteiger charge is 2.07. The zero-order valence-electron chi connectivity index (χ0n) is 13.1. The third-order valence-electron chi connectivity index (χ3n) is 3.12. The minimum Gasteiger partial charge on any atom is -0.351 e. The summed E-state index contributed by atoms with van der Waals surface area (Å²) in [5.74, 6) is -0.446. The zero-order chi connectivity index (χ0) is 17.5. The minimum absolute atomic E-state index is 0.197. The maximum Gasteiger partial charge on any atom is 0.316 e. The Balaban J connectivity index is 1.95. The Morgan fingerprint density at radius 1 is 0.958 bits per heavy atom. The number of carbonyl (C=O) groups is 3. The van der Waals surface area contributed by atoms with Crippen LogP contribution in [0.4, 0.5) is 16.2 Å². The van der Waals surface area contributed by atoms with Gasteiger partial charge in [0.2, 0.25) is 5.91 Å². The van der Waals surface area contributed by atoms with Gasteiger partial charge in [-0.1, -0.05) is 18.2 Å². The molecule has 24 heavy (non-hydrogen) atoms. The number of anilines is 2. The summed E-state index contributed by atoms with van der Waals surface area (Å²) in [6.07, 6.45) is 0. The molecule has 0 radical (unpaired) electrons. The smallest absolute Gasteiger partial charge is 0.316 e. The second kappa shape index (κ2) is 7.77. The highest BCUT2D eigenvalue weighted by atomic mass is 16.2. The molecular formula is C17H18N4O3. The van der Waals surface area contributed by atoms with Crippen LogP contribution in [-0.2, 0) is 11.3 Å². The number of benzene rings is 2. The average molecular weight is 326 g/mol. The molecule has 0 spiro atoms. The van der Waals surface area contributed by atoms with Crippen LogP contribution in [0.3, 0.4) is 0 Å². The molecule has 4 amide bonds. The van der Waals surface area contributed by atoms with Gasteiger partial charge in [0.25, 0.3) is 5.91 Å². The van der Waals surface area contributed by atoms with E-state index in [-0.39, 0.29) is 11.8 Å². The maximum absolute atomic E-state index is 12.2. The van der Waals surface area contributed by atoms with Gasteiger partial charge < -0.3 is 21.7 Å². The molecule has 0 unspecified atom stereocenters. The van der Waals surface area contributed by atoms with E-state index in [1.165, 1.54) is 6.92 Å². The van der Waals surface area contributed by atoms with Crippen LogP contribution >= 0.6 is 0 Å². The lowest BCUT2D eigenvalue weighted by molar-refractivity contribution is -0.114. The molecule has 0 aliphatic rings. The zero-order valence-corrected chi connectivity index (χ0v) is 13.1. The van der Waals surface area contributed by atoms with Gasteiger partial charge in [0.15, 0.2) is 0 Å². The van der Waals surface area contributed by atoms with Gasteiger partial charge in [-0.2, -0.15) is 0 Å². The number of rotatable bonds is 5. The van der Waals surface area contributed by atoms with Gasteiger partial charge in [-0.05, 0) is 35.9 Å². The molecule has 0 atom stereocenters. The molecule has 0 saturated heterocycles. The van der Waals surface area contributed by atoms with Gasteiger partial charge in [0, 0.05) is 30.4 Å². The lowest BCUT2D eigenvalue weighted by Gasteiger charge is -2.08. The normalized spacial score (nSPS) is 9.88. The van der Waals surface area contributed by atoms with Gasteiger partial charge in [-0.3, -0.25) is 9.59 Å². The van der Waals surface area contributed by atoms with Crippen LogP contribution in [0.1, 0.15) is 22.8 Å². The van der Waals surface area contributed by atoms with Crippen molar-refractivity contribution in [1.82, 2.24) is 5.32 Å². The summed E-state index contributed by atoms with van der Waals surface area (Å²) in [6.45, 7) is 1.74. The Labute approximate surface area is 139 Å². The van der Waals surface area contributed by atoms with Crippen molar-refractivity contribution < 1.29 is 14.4 Å². The first-order chi connectivity index (χ1) is 11.4. The van der Waals surface area contributed by atoms with Crippen molar-refractivity contribution in [2.75, 3.05) is 10.6 Å². The topological polar surface area (TPSA) is 113 Å². The molecule has 0 aliphatic carbocycles. The van der Waals surface area contributed by atoms with Crippen LogP contribution in [0.25, 0.3) is 0 Å². The Morgan fingerprint density at radius 2 is 1.67 bits per heavy atom. The Kier molecular flexibility index (Phi) is 5.51. The van der Waals surface area contributed by atoms with Gasteiger partial charge >= 0.3 is 6.03 Å². The van der Waals surface area contributed by atoms with Gasteiger partial charge in [0.1, 0.15) is 0 Å². The van der Waals surface area contributed by atoms with Crippen molar-refractivity contribution in [3.8, 4) is 0 Å². The fraction of sp³-hybridized carbons (Fsp3) is 0.118. The fourth-order valence-electron chi connectivity index (χ4n) is 2.07. The molecule has 0 fully saturated rings. The van der Waals surface area contributed by atoms with Crippen LogP contribution in [-0.4, -0.2) is 17.8 Å². The van der Waals surface area contributed by atoms with Gasteiger partial charge in [0.05, 0.1) is 0 Å². The largest absolute Gasteiger partial charge is 0.351 e. The monoisotopic (exact) mass is 326 g/mol. The number of urea groups is 1. The third kappa shape index (κ3) is 5.13. The first kappa shape index (κ1) is 17.0. The number of primary amides is 1. The summed E-state index contributed by atoms with van der Waals surface area (Å²) >= 11 is 0. The van der Waals surface area contributed by atoms with Crippen molar-refractivity contribution in [1.29, 1.82) is 0 Å².